The van der Waals surface area contributed by atoms with Gasteiger partial charge < -0.3 is 11.5 Å². The van der Waals surface area contributed by atoms with E-state index in [9.17, 15) is 0 Å². The number of aromatic nitrogens is 3. The summed E-state index contributed by atoms with van der Waals surface area (Å²) in [6.07, 6.45) is 0. The predicted molar refractivity (Wildman–Crippen MR) is 64.1 cm³/mol. The summed E-state index contributed by atoms with van der Waals surface area (Å²) in [5.74, 6) is -0.214. The lowest BCUT2D eigenvalue weighted by atomic mass is 10.3. The second-order valence-corrected chi connectivity index (χ2v) is 3.54. The van der Waals surface area contributed by atoms with Crippen molar-refractivity contribution in [2.24, 2.45) is 0 Å². The summed E-state index contributed by atoms with van der Waals surface area (Å²) >= 11 is 11.8. The highest BCUT2D eigenvalue weighted by molar-refractivity contribution is 6.43. The molecule has 0 fully saturated rings. The second kappa shape index (κ2) is 4.11. The summed E-state index contributed by atoms with van der Waals surface area (Å²) in [6, 6.07) is -1.05. The van der Waals surface area contributed by atoms with Gasteiger partial charge in [0.2, 0.25) is 5.95 Å². The van der Waals surface area contributed by atoms with Crippen molar-refractivity contribution in [3.8, 4) is 11.3 Å². The number of anilines is 2. The average molecular weight is 262 g/mol. The van der Waals surface area contributed by atoms with Gasteiger partial charge >= 0.3 is 0 Å². The van der Waals surface area contributed by atoms with Gasteiger partial charge in [-0.05, 0) is 6.04 Å². The van der Waals surface area contributed by atoms with Gasteiger partial charge in [-0.25, -0.2) is 0 Å². The highest BCUT2D eigenvalue weighted by Gasteiger charge is 2.12. The van der Waals surface area contributed by atoms with Crippen molar-refractivity contribution < 1.29 is 4.11 Å². The zero-order chi connectivity index (χ0) is 14.3. The van der Waals surface area contributed by atoms with Crippen LogP contribution in [0.4, 0.5) is 11.8 Å². The highest BCUT2D eigenvalue weighted by Crippen LogP contribution is 2.33. The molecule has 0 radical (unpaired) electrons. The molecule has 0 aliphatic rings. The number of rotatable bonds is 1. The van der Waals surface area contributed by atoms with Crippen molar-refractivity contribution in [1.82, 2.24) is 15.2 Å². The number of hydrogen-bond donors (Lipinski definition) is 2. The Hall–Kier alpha value is -1.59. The van der Waals surface area contributed by atoms with E-state index < -0.39 is 0 Å². The molecule has 7 heteroatoms. The molecule has 0 saturated carbocycles. The third-order valence-electron chi connectivity index (χ3n) is 1.74. The number of nitrogens with zero attached hydrogens (tertiary/aromatic N) is 3. The van der Waals surface area contributed by atoms with Gasteiger partial charge in [0, 0.05) is 5.56 Å². The Kier molecular flexibility index (Phi) is 1.97. The lowest BCUT2D eigenvalue weighted by Crippen LogP contribution is -2.04. The summed E-state index contributed by atoms with van der Waals surface area (Å²) in [6.45, 7) is 0. The number of halogens is 2. The summed E-state index contributed by atoms with van der Waals surface area (Å²) in [7, 11) is 0. The van der Waals surface area contributed by atoms with Crippen molar-refractivity contribution >= 4 is 35.0 Å². The molecule has 0 unspecified atom stereocenters. The molecule has 0 atom stereocenters. The molecule has 4 N–H and O–H groups in total. The first-order chi connectivity index (χ1) is 8.84. The molecule has 0 spiro atoms. The molecule has 5 nitrogen and oxygen atoms in total. The molecule has 2 aromatic rings. The molecule has 1 aromatic heterocycles. The highest BCUT2D eigenvalue weighted by atomic mass is 35.5. The van der Waals surface area contributed by atoms with Crippen LogP contribution in [0.5, 0.6) is 0 Å². The molecule has 0 bridgehead atoms. The quantitative estimate of drug-likeness (QED) is 0.820. The van der Waals surface area contributed by atoms with Gasteiger partial charge in [0.15, 0.2) is 5.82 Å². The fourth-order valence-corrected chi connectivity index (χ4v) is 1.39. The summed E-state index contributed by atoms with van der Waals surface area (Å²) in [5.41, 5.74) is 11.0. The van der Waals surface area contributed by atoms with E-state index in [1.54, 1.807) is 0 Å². The van der Waals surface area contributed by atoms with E-state index in [0.29, 0.717) is 0 Å². The molecule has 82 valence electrons. The Labute approximate surface area is 106 Å². The van der Waals surface area contributed by atoms with E-state index in [0.717, 1.165) is 0 Å². The SMILES string of the molecule is [2H]c1c([2H])c(Cl)c(Cl)c(-[13c]2nn[13c](N)n[13c]2N)c1[2H]. The van der Waals surface area contributed by atoms with Crippen LogP contribution < -0.4 is 11.5 Å². The van der Waals surface area contributed by atoms with Gasteiger partial charge in [0.05, 0.1) is 14.2 Å². The molecular weight excluding hydrogens is 252 g/mol. The van der Waals surface area contributed by atoms with Crippen LogP contribution in [0.3, 0.4) is 0 Å². The standard InChI is InChI=1S/C9H7Cl2N5/c10-5-3-1-2-4(6(5)11)7-8(12)14-9(13)16-15-7/h1-3H,(H4,12,13,14,16)/i1D,2D,3D,7+1,8+1,9+1. The largest absolute Gasteiger partial charge is 0.382 e. The van der Waals surface area contributed by atoms with Crippen LogP contribution in [0, 0.1) is 0 Å². The van der Waals surface area contributed by atoms with E-state index in [1.807, 2.05) is 0 Å². The Balaban J connectivity index is 2.83. The molecule has 0 aliphatic carbocycles. The molecular formula is C9H7Cl2N5. The third kappa shape index (κ3) is 1.87. The summed E-state index contributed by atoms with van der Waals surface area (Å²) < 4.78 is 23.0. The maximum Gasteiger partial charge on any atom is 0.242 e. The zero-order valence-corrected chi connectivity index (χ0v) is 9.26. The predicted octanol–water partition coefficient (Wildman–Crippen LogP) is 2.01. The van der Waals surface area contributed by atoms with Crippen LogP contribution in [0.15, 0.2) is 18.1 Å². The Morgan fingerprint density at radius 1 is 1.19 bits per heavy atom. The molecule has 0 amide bonds. The van der Waals surface area contributed by atoms with Gasteiger partial charge in [-0.3, -0.25) is 0 Å². The van der Waals surface area contributed by atoms with Gasteiger partial charge in [-0.2, -0.15) is 4.98 Å². The van der Waals surface area contributed by atoms with E-state index in [4.69, 9.17) is 38.8 Å². The van der Waals surface area contributed by atoms with Crippen molar-refractivity contribution in [2.75, 3.05) is 11.5 Å². The summed E-state index contributed by atoms with van der Waals surface area (Å²) in [5, 5.41) is 6.98. The zero-order valence-electron chi connectivity index (χ0n) is 10.8. The first-order valence-corrected chi connectivity index (χ1v) is 4.81. The van der Waals surface area contributed by atoms with Crippen LogP contribution in [0.2, 0.25) is 10.0 Å². The van der Waals surface area contributed by atoms with Gasteiger partial charge in [-0.1, -0.05) is 35.3 Å². The van der Waals surface area contributed by atoms with Crippen molar-refractivity contribution in [3.05, 3.63) is 28.2 Å². The maximum absolute atomic E-state index is 7.83. The summed E-state index contributed by atoms with van der Waals surface area (Å²) in [4.78, 5) is 3.70. The molecule has 0 saturated heterocycles. The number of benzene rings is 1. The fourth-order valence-electron chi connectivity index (χ4n) is 1.06. The molecule has 1 aromatic carbocycles. The van der Waals surface area contributed by atoms with Crippen LogP contribution in [0.1, 0.15) is 4.11 Å². The minimum atomic E-state index is -0.387. The second-order valence-electron chi connectivity index (χ2n) is 2.78. The number of hydrogen-bond acceptors (Lipinski definition) is 5. The average Bonchev–Trinajstić information content (AvgIpc) is 2.37. The molecule has 2 rings (SSSR count). The van der Waals surface area contributed by atoms with E-state index in [1.165, 1.54) is 0 Å². The first kappa shape index (κ1) is 7.65. The fraction of sp³-hybridized carbons (Fsp3) is 0. The number of nitrogens with two attached hydrogens (primary N) is 2. The molecule has 0 aliphatic heterocycles. The van der Waals surface area contributed by atoms with E-state index >= 15 is 0 Å². The molecule has 16 heavy (non-hydrogen) atoms. The normalized spacial score (nSPS) is 13.0. The lowest BCUT2D eigenvalue weighted by Gasteiger charge is -2.06. The van der Waals surface area contributed by atoms with E-state index in [2.05, 4.69) is 15.2 Å². The minimum absolute atomic E-state index is 0.000370. The lowest BCUT2D eigenvalue weighted by molar-refractivity contribution is 1.000. The van der Waals surface area contributed by atoms with Crippen LogP contribution in [0.25, 0.3) is 11.3 Å². The van der Waals surface area contributed by atoms with E-state index in [-0.39, 0.29) is 51.2 Å². The monoisotopic (exact) mass is 261 g/mol. The van der Waals surface area contributed by atoms with Crippen molar-refractivity contribution in [1.29, 1.82) is 0 Å². The van der Waals surface area contributed by atoms with Gasteiger partial charge in [-0.15, -0.1) is 10.2 Å². The van der Waals surface area contributed by atoms with Crippen molar-refractivity contribution in [2.45, 2.75) is 0 Å². The van der Waals surface area contributed by atoms with Gasteiger partial charge in [0.25, 0.3) is 0 Å². The Morgan fingerprint density at radius 2 is 1.94 bits per heavy atom. The first-order valence-electron chi connectivity index (χ1n) is 5.55. The van der Waals surface area contributed by atoms with Gasteiger partial charge in [0.1, 0.15) is 5.69 Å². The topological polar surface area (TPSA) is 90.7 Å². The Morgan fingerprint density at radius 3 is 2.62 bits per heavy atom. The van der Waals surface area contributed by atoms with Crippen LogP contribution >= 0.6 is 23.2 Å². The smallest absolute Gasteiger partial charge is 0.242 e. The molecule has 1 heterocycles. The number of nitrogen functional groups attached to an aromatic ring is 2. The third-order valence-corrected chi connectivity index (χ3v) is 2.50. The van der Waals surface area contributed by atoms with Crippen molar-refractivity contribution in [3.63, 3.8) is 0 Å². The minimum Gasteiger partial charge on any atom is -0.382 e. The Bertz CT molecular complexity index is 650. The van der Waals surface area contributed by atoms with Crippen LogP contribution in [-0.2, 0) is 0 Å². The maximum atomic E-state index is 7.83. The van der Waals surface area contributed by atoms with Crippen LogP contribution in [-0.4, -0.2) is 15.2 Å².